The summed E-state index contributed by atoms with van der Waals surface area (Å²) in [6.45, 7) is 0.889. The zero-order chi connectivity index (χ0) is 16.1. The standard InChI is InChI=1S/C17H24N2O3S/c20-9-5-14-3-1-2-8-19(14)17(21)13-4-7-18-16(11-13)22-15-6-10-23-12-15/h4,7,11,14-15,20H,1-3,5-6,8-10,12H2. The van der Waals surface area contributed by atoms with E-state index in [2.05, 4.69) is 4.98 Å². The molecule has 3 rings (SSSR count). The van der Waals surface area contributed by atoms with E-state index in [0.29, 0.717) is 17.9 Å². The highest BCUT2D eigenvalue weighted by Gasteiger charge is 2.27. The van der Waals surface area contributed by atoms with Crippen molar-refractivity contribution in [2.24, 2.45) is 0 Å². The summed E-state index contributed by atoms with van der Waals surface area (Å²) < 4.78 is 5.89. The maximum Gasteiger partial charge on any atom is 0.254 e. The second-order valence-corrected chi connectivity index (χ2v) is 7.30. The monoisotopic (exact) mass is 336 g/mol. The number of hydrogen-bond donors (Lipinski definition) is 1. The van der Waals surface area contributed by atoms with Gasteiger partial charge < -0.3 is 14.7 Å². The molecular weight excluding hydrogens is 312 g/mol. The van der Waals surface area contributed by atoms with Crippen molar-refractivity contribution in [3.63, 3.8) is 0 Å². The van der Waals surface area contributed by atoms with Crippen molar-refractivity contribution in [2.75, 3.05) is 24.7 Å². The van der Waals surface area contributed by atoms with E-state index in [-0.39, 0.29) is 24.7 Å². The Hall–Kier alpha value is -1.27. The number of aromatic nitrogens is 1. The van der Waals surface area contributed by atoms with Crippen molar-refractivity contribution in [1.82, 2.24) is 9.88 Å². The molecule has 23 heavy (non-hydrogen) atoms. The average molecular weight is 336 g/mol. The molecule has 2 aliphatic rings. The topological polar surface area (TPSA) is 62.7 Å². The third kappa shape index (κ3) is 4.18. The molecule has 1 N–H and O–H groups in total. The van der Waals surface area contributed by atoms with Crippen LogP contribution in [0.2, 0.25) is 0 Å². The summed E-state index contributed by atoms with van der Waals surface area (Å²) in [4.78, 5) is 19.0. The normalized spacial score (nSPS) is 24.7. The lowest BCUT2D eigenvalue weighted by Gasteiger charge is -2.35. The number of aliphatic hydroxyl groups excluding tert-OH is 1. The SMILES string of the molecule is O=C(c1ccnc(OC2CCSC2)c1)N1CCCCC1CCO. The molecule has 1 amide bonds. The minimum Gasteiger partial charge on any atom is -0.473 e. The summed E-state index contributed by atoms with van der Waals surface area (Å²) in [7, 11) is 0. The highest BCUT2D eigenvalue weighted by atomic mass is 32.2. The molecule has 2 atom stereocenters. The number of likely N-dealkylation sites (tertiary alicyclic amines) is 1. The van der Waals surface area contributed by atoms with Crippen LogP contribution in [0.4, 0.5) is 0 Å². The van der Waals surface area contributed by atoms with E-state index < -0.39 is 0 Å². The van der Waals surface area contributed by atoms with Crippen LogP contribution in [0.15, 0.2) is 18.3 Å². The highest BCUT2D eigenvalue weighted by molar-refractivity contribution is 7.99. The second-order valence-electron chi connectivity index (χ2n) is 6.15. The van der Waals surface area contributed by atoms with E-state index in [1.54, 1.807) is 18.3 Å². The first-order valence-electron chi connectivity index (χ1n) is 8.40. The van der Waals surface area contributed by atoms with E-state index in [4.69, 9.17) is 4.74 Å². The van der Waals surface area contributed by atoms with Gasteiger partial charge in [-0.1, -0.05) is 0 Å². The summed E-state index contributed by atoms with van der Waals surface area (Å²) >= 11 is 1.89. The van der Waals surface area contributed by atoms with Gasteiger partial charge in [-0.15, -0.1) is 0 Å². The van der Waals surface area contributed by atoms with Gasteiger partial charge >= 0.3 is 0 Å². The Labute approximate surface area is 141 Å². The Morgan fingerprint density at radius 2 is 2.35 bits per heavy atom. The zero-order valence-electron chi connectivity index (χ0n) is 13.3. The summed E-state index contributed by atoms with van der Waals surface area (Å²) in [5, 5.41) is 9.22. The number of pyridine rings is 1. The van der Waals surface area contributed by atoms with Gasteiger partial charge in [0.15, 0.2) is 0 Å². The number of nitrogens with zero attached hydrogens (tertiary/aromatic N) is 2. The van der Waals surface area contributed by atoms with Crippen molar-refractivity contribution < 1.29 is 14.6 Å². The molecule has 2 fully saturated rings. The van der Waals surface area contributed by atoms with Gasteiger partial charge in [0, 0.05) is 42.8 Å². The third-order valence-corrected chi connectivity index (χ3v) is 5.64. The number of rotatable bonds is 5. The molecule has 1 aromatic heterocycles. The van der Waals surface area contributed by atoms with E-state index in [9.17, 15) is 9.90 Å². The second kappa shape index (κ2) is 8.02. The van der Waals surface area contributed by atoms with Crippen LogP contribution in [0, 0.1) is 0 Å². The highest BCUT2D eigenvalue weighted by Crippen LogP contribution is 2.25. The maximum atomic E-state index is 12.8. The summed E-state index contributed by atoms with van der Waals surface area (Å²) in [5.74, 6) is 2.68. The third-order valence-electron chi connectivity index (χ3n) is 4.51. The lowest BCUT2D eigenvalue weighted by molar-refractivity contribution is 0.0573. The Morgan fingerprint density at radius 1 is 1.43 bits per heavy atom. The molecule has 0 radical (unpaired) electrons. The molecule has 2 saturated heterocycles. The van der Waals surface area contributed by atoms with E-state index >= 15 is 0 Å². The molecule has 0 saturated carbocycles. The Kier molecular flexibility index (Phi) is 5.78. The minimum atomic E-state index is 0.0243. The molecule has 5 nitrogen and oxygen atoms in total. The van der Waals surface area contributed by atoms with E-state index in [1.807, 2.05) is 16.7 Å². The fraction of sp³-hybridized carbons (Fsp3) is 0.647. The smallest absolute Gasteiger partial charge is 0.254 e. The van der Waals surface area contributed by atoms with Gasteiger partial charge in [0.1, 0.15) is 6.10 Å². The molecule has 0 spiro atoms. The molecule has 6 heteroatoms. The van der Waals surface area contributed by atoms with Gasteiger partial charge in [0.05, 0.1) is 0 Å². The van der Waals surface area contributed by atoms with Crippen molar-refractivity contribution in [3.05, 3.63) is 23.9 Å². The van der Waals surface area contributed by atoms with Crippen molar-refractivity contribution >= 4 is 17.7 Å². The molecular formula is C17H24N2O3S. The maximum absolute atomic E-state index is 12.8. The van der Waals surface area contributed by atoms with Crippen LogP contribution in [-0.2, 0) is 0 Å². The molecule has 3 heterocycles. The number of aliphatic hydroxyl groups is 1. The Morgan fingerprint density at radius 3 is 3.13 bits per heavy atom. The molecule has 0 aromatic carbocycles. The number of amides is 1. The van der Waals surface area contributed by atoms with Crippen LogP contribution in [0.25, 0.3) is 0 Å². The fourth-order valence-corrected chi connectivity index (χ4v) is 4.36. The van der Waals surface area contributed by atoms with E-state index in [0.717, 1.165) is 43.7 Å². The number of thioether (sulfide) groups is 1. The van der Waals surface area contributed by atoms with Crippen LogP contribution < -0.4 is 4.74 Å². The number of piperidine rings is 1. The minimum absolute atomic E-state index is 0.0243. The fourth-order valence-electron chi connectivity index (χ4n) is 3.27. The van der Waals surface area contributed by atoms with Crippen LogP contribution >= 0.6 is 11.8 Å². The van der Waals surface area contributed by atoms with Gasteiger partial charge in [-0.05, 0) is 43.9 Å². The van der Waals surface area contributed by atoms with Gasteiger partial charge in [0.25, 0.3) is 5.91 Å². The molecule has 2 unspecified atom stereocenters. The predicted molar refractivity (Wildman–Crippen MR) is 91.0 cm³/mol. The van der Waals surface area contributed by atoms with Gasteiger partial charge in [-0.25, -0.2) is 4.98 Å². The molecule has 2 aliphatic heterocycles. The van der Waals surface area contributed by atoms with Crippen molar-refractivity contribution in [1.29, 1.82) is 0 Å². The molecule has 1 aromatic rings. The van der Waals surface area contributed by atoms with Crippen LogP contribution in [0.5, 0.6) is 5.88 Å². The lowest BCUT2D eigenvalue weighted by Crippen LogP contribution is -2.44. The van der Waals surface area contributed by atoms with Crippen LogP contribution in [0.1, 0.15) is 42.5 Å². The van der Waals surface area contributed by atoms with Crippen molar-refractivity contribution in [2.45, 2.75) is 44.2 Å². The Balaban J connectivity index is 1.70. The first-order chi connectivity index (χ1) is 11.3. The Bertz CT molecular complexity index is 532. The van der Waals surface area contributed by atoms with E-state index in [1.165, 1.54) is 0 Å². The quantitative estimate of drug-likeness (QED) is 0.894. The van der Waals surface area contributed by atoms with Gasteiger partial charge in [0.2, 0.25) is 5.88 Å². The van der Waals surface area contributed by atoms with Gasteiger partial charge in [-0.2, -0.15) is 11.8 Å². The lowest BCUT2D eigenvalue weighted by atomic mass is 9.98. The average Bonchev–Trinajstić information content (AvgIpc) is 3.08. The molecule has 0 aliphatic carbocycles. The van der Waals surface area contributed by atoms with Crippen LogP contribution in [-0.4, -0.2) is 57.7 Å². The predicted octanol–water partition coefficient (Wildman–Crippen LogP) is 2.34. The number of hydrogen-bond acceptors (Lipinski definition) is 5. The van der Waals surface area contributed by atoms with Crippen molar-refractivity contribution in [3.8, 4) is 5.88 Å². The first-order valence-corrected chi connectivity index (χ1v) is 9.55. The number of carbonyl (C=O) groups excluding carboxylic acids is 1. The summed E-state index contributed by atoms with van der Waals surface area (Å²) in [5.41, 5.74) is 0.630. The van der Waals surface area contributed by atoms with Crippen LogP contribution in [0.3, 0.4) is 0 Å². The number of ether oxygens (including phenoxy) is 1. The zero-order valence-corrected chi connectivity index (χ0v) is 14.1. The summed E-state index contributed by atoms with van der Waals surface area (Å²) in [6, 6.07) is 3.66. The van der Waals surface area contributed by atoms with Gasteiger partial charge in [-0.3, -0.25) is 4.79 Å². The molecule has 126 valence electrons. The first kappa shape index (κ1) is 16.6. The largest absolute Gasteiger partial charge is 0.473 e. The number of carbonyl (C=O) groups is 1. The summed E-state index contributed by atoms with van der Waals surface area (Å²) in [6.07, 6.45) is 6.67. The molecule has 0 bridgehead atoms.